The summed E-state index contributed by atoms with van der Waals surface area (Å²) in [4.78, 5) is 1.77. The van der Waals surface area contributed by atoms with Gasteiger partial charge in [0, 0.05) is 24.7 Å². The van der Waals surface area contributed by atoms with Crippen LogP contribution in [0.15, 0.2) is 18.3 Å². The lowest BCUT2D eigenvalue weighted by atomic mass is 9.88. The van der Waals surface area contributed by atoms with E-state index in [2.05, 4.69) is 20.0 Å². The van der Waals surface area contributed by atoms with Gasteiger partial charge in [0.2, 0.25) is 0 Å². The molecule has 14 heteroatoms. The number of halogens is 8. The van der Waals surface area contributed by atoms with E-state index in [0.717, 1.165) is 10.6 Å². The first-order valence-electron chi connectivity index (χ1n) is 9.67. The molecule has 3 aromatic rings. The molecule has 3 heterocycles. The second-order valence-electron chi connectivity index (χ2n) is 7.43. The van der Waals surface area contributed by atoms with Crippen molar-refractivity contribution in [1.82, 2.24) is 19.8 Å². The monoisotopic (exact) mass is 497 g/mol. The van der Waals surface area contributed by atoms with Crippen LogP contribution < -0.4 is 9.64 Å². The van der Waals surface area contributed by atoms with Crippen molar-refractivity contribution in [3.05, 3.63) is 46.4 Å². The second kappa shape index (κ2) is 8.84. The minimum Gasteiger partial charge on any atom is -0.431 e. The largest absolute Gasteiger partial charge is 0.431 e. The molecule has 1 aliphatic rings. The quantitative estimate of drug-likeness (QED) is 0.457. The summed E-state index contributed by atoms with van der Waals surface area (Å²) in [6.07, 6.45) is -3.91. The Kier molecular flexibility index (Phi) is 6.25. The molecule has 1 saturated heterocycles. The van der Waals surface area contributed by atoms with Gasteiger partial charge in [-0.05, 0) is 24.8 Å². The van der Waals surface area contributed by atoms with Gasteiger partial charge in [0.05, 0.1) is 11.9 Å². The number of aromatic nitrogens is 4. The lowest BCUT2D eigenvalue weighted by molar-refractivity contribution is -0.128. The first-order valence-corrected chi connectivity index (χ1v) is 10.1. The molecule has 178 valence electrons. The summed E-state index contributed by atoms with van der Waals surface area (Å²) < 4.78 is 96.5. The molecule has 0 saturated carbocycles. The van der Waals surface area contributed by atoms with Crippen molar-refractivity contribution >= 4 is 22.9 Å². The van der Waals surface area contributed by atoms with Gasteiger partial charge in [-0.25, -0.2) is 8.78 Å². The van der Waals surface area contributed by atoms with E-state index in [1.807, 2.05) is 0 Å². The van der Waals surface area contributed by atoms with Gasteiger partial charge in [-0.1, -0.05) is 11.6 Å². The molecule has 4 rings (SSSR count). The van der Waals surface area contributed by atoms with E-state index in [4.69, 9.17) is 11.6 Å². The third kappa shape index (κ3) is 4.92. The van der Waals surface area contributed by atoms with E-state index in [9.17, 15) is 30.7 Å². The summed E-state index contributed by atoms with van der Waals surface area (Å²) in [7, 11) is 0. The fourth-order valence-corrected chi connectivity index (χ4v) is 4.18. The molecule has 0 spiro atoms. The lowest BCUT2D eigenvalue weighted by Crippen LogP contribution is -2.33. The molecular weight excluding hydrogens is 483 g/mol. The lowest BCUT2D eigenvalue weighted by Gasteiger charge is -2.34. The van der Waals surface area contributed by atoms with Crippen LogP contribution in [-0.4, -0.2) is 45.7 Å². The molecule has 2 aromatic heterocycles. The first-order chi connectivity index (χ1) is 15.5. The van der Waals surface area contributed by atoms with Crippen LogP contribution in [0.2, 0.25) is 5.02 Å². The van der Waals surface area contributed by atoms with Crippen LogP contribution in [0.1, 0.15) is 30.1 Å². The smallest absolute Gasteiger partial charge is 0.396 e. The van der Waals surface area contributed by atoms with Gasteiger partial charge in [-0.2, -0.15) is 31.6 Å². The number of hydrogen-bond acceptors (Lipinski definition) is 5. The van der Waals surface area contributed by atoms with Gasteiger partial charge in [0.15, 0.2) is 23.0 Å². The summed E-state index contributed by atoms with van der Waals surface area (Å²) in [5, 5.41) is 11.2. The van der Waals surface area contributed by atoms with Crippen LogP contribution in [0.4, 0.5) is 36.4 Å². The van der Waals surface area contributed by atoms with E-state index in [1.165, 1.54) is 6.20 Å². The fourth-order valence-electron chi connectivity index (χ4n) is 3.89. The second-order valence-corrected chi connectivity index (χ2v) is 7.81. The highest BCUT2D eigenvalue weighted by molar-refractivity contribution is 6.36. The summed E-state index contributed by atoms with van der Waals surface area (Å²) in [5.41, 5.74) is 0.347. The Labute approximate surface area is 186 Å². The summed E-state index contributed by atoms with van der Waals surface area (Å²) in [6.45, 7) is -2.67. The van der Waals surface area contributed by atoms with Crippen molar-refractivity contribution in [2.24, 2.45) is 0 Å². The topological polar surface area (TPSA) is 55.5 Å². The molecule has 33 heavy (non-hydrogen) atoms. The normalized spacial score (nSPS) is 15.6. The first kappa shape index (κ1) is 23.3. The number of alkyl halides is 5. The molecule has 6 nitrogen and oxygen atoms in total. The Balaban J connectivity index is 1.55. The average molecular weight is 498 g/mol. The van der Waals surface area contributed by atoms with Gasteiger partial charge >= 0.3 is 12.8 Å². The van der Waals surface area contributed by atoms with Crippen LogP contribution in [-0.2, 0) is 6.42 Å². The highest BCUT2D eigenvalue weighted by Gasteiger charge is 2.32. The predicted molar refractivity (Wildman–Crippen MR) is 103 cm³/mol. The number of piperidine rings is 1. The molecule has 1 aromatic carbocycles. The van der Waals surface area contributed by atoms with E-state index in [1.54, 1.807) is 4.90 Å². The third-order valence-electron chi connectivity index (χ3n) is 5.30. The van der Waals surface area contributed by atoms with E-state index >= 15 is 0 Å². The molecule has 0 N–H and O–H groups in total. The third-order valence-corrected chi connectivity index (χ3v) is 5.66. The number of anilines is 1. The zero-order valence-corrected chi connectivity index (χ0v) is 17.3. The Morgan fingerprint density at radius 2 is 1.82 bits per heavy atom. The maximum Gasteiger partial charge on any atom is 0.396 e. The standard InChI is InChI=1S/C19H15ClF7N5O/c20-15-13(8-28-32-14(7-19(25,26)27)29-30-17(15)32)31-3-1-9(2-4-31)11-5-10(21)6-12(22)16(11)33-18(23)24/h5-6,8-9,18H,1-4,7H2. The molecule has 0 amide bonds. The molecule has 0 bridgehead atoms. The number of rotatable bonds is 5. The zero-order valence-electron chi connectivity index (χ0n) is 16.6. The summed E-state index contributed by atoms with van der Waals surface area (Å²) >= 11 is 6.35. The van der Waals surface area contributed by atoms with E-state index in [-0.39, 0.29) is 16.2 Å². The molecule has 0 radical (unpaired) electrons. The number of hydrogen-bond donors (Lipinski definition) is 0. The maximum absolute atomic E-state index is 14.1. The van der Waals surface area contributed by atoms with Gasteiger partial charge in [0.25, 0.3) is 0 Å². The van der Waals surface area contributed by atoms with E-state index < -0.39 is 48.3 Å². The molecule has 0 aliphatic carbocycles. The highest BCUT2D eigenvalue weighted by Crippen LogP contribution is 2.39. The Morgan fingerprint density at radius 3 is 2.45 bits per heavy atom. The van der Waals surface area contributed by atoms with Crippen LogP contribution in [0.25, 0.3) is 5.65 Å². The number of benzene rings is 1. The van der Waals surface area contributed by atoms with Gasteiger partial charge in [0.1, 0.15) is 17.3 Å². The van der Waals surface area contributed by atoms with E-state index in [0.29, 0.717) is 37.7 Å². The van der Waals surface area contributed by atoms with Crippen molar-refractivity contribution in [3.8, 4) is 5.75 Å². The molecule has 1 aliphatic heterocycles. The van der Waals surface area contributed by atoms with Gasteiger partial charge < -0.3 is 9.64 Å². The minimum absolute atomic E-state index is 0.00127. The molecule has 0 atom stereocenters. The van der Waals surface area contributed by atoms with Gasteiger partial charge in [-0.15, -0.1) is 10.2 Å². The number of ether oxygens (including phenoxy) is 1. The van der Waals surface area contributed by atoms with Crippen molar-refractivity contribution < 1.29 is 35.5 Å². The van der Waals surface area contributed by atoms with Crippen molar-refractivity contribution in [2.45, 2.75) is 38.0 Å². The Morgan fingerprint density at radius 1 is 1.12 bits per heavy atom. The van der Waals surface area contributed by atoms with Crippen molar-refractivity contribution in [3.63, 3.8) is 0 Å². The SMILES string of the molecule is Fc1cc(F)c(OC(F)F)c(C2CCN(c3cnn4c(CC(F)(F)F)nnc4c3Cl)CC2)c1. The van der Waals surface area contributed by atoms with Crippen LogP contribution in [0, 0.1) is 11.6 Å². The summed E-state index contributed by atoms with van der Waals surface area (Å²) in [6, 6.07) is 1.45. The zero-order chi connectivity index (χ0) is 23.9. The van der Waals surface area contributed by atoms with Crippen molar-refractivity contribution in [1.29, 1.82) is 0 Å². The predicted octanol–water partition coefficient (Wildman–Crippen LogP) is 5.15. The summed E-state index contributed by atoms with van der Waals surface area (Å²) in [5.74, 6) is -3.70. The van der Waals surface area contributed by atoms with Gasteiger partial charge in [-0.3, -0.25) is 0 Å². The average Bonchev–Trinajstić information content (AvgIpc) is 3.12. The van der Waals surface area contributed by atoms with Crippen molar-refractivity contribution in [2.75, 3.05) is 18.0 Å². The highest BCUT2D eigenvalue weighted by atomic mass is 35.5. The Bertz CT molecular complexity index is 1160. The number of fused-ring (bicyclic) bond motifs is 1. The van der Waals surface area contributed by atoms with Crippen LogP contribution >= 0.6 is 11.6 Å². The number of nitrogens with zero attached hydrogens (tertiary/aromatic N) is 5. The molecule has 0 unspecified atom stereocenters. The van der Waals surface area contributed by atoms with Crippen LogP contribution in [0.5, 0.6) is 5.75 Å². The fraction of sp³-hybridized carbons (Fsp3) is 0.421. The maximum atomic E-state index is 14.1. The van der Waals surface area contributed by atoms with Crippen LogP contribution in [0.3, 0.4) is 0 Å². The minimum atomic E-state index is -4.50. The Hall–Kier alpha value is -2.83. The molecular formula is C19H15ClF7N5O. The molecule has 1 fully saturated rings.